The van der Waals surface area contributed by atoms with Crippen LogP contribution in [0.4, 0.5) is 0 Å². The number of rotatable bonds is 12. The molecule has 0 bridgehead atoms. The summed E-state index contributed by atoms with van der Waals surface area (Å²) in [5, 5.41) is 7.05. The number of nitrogens with one attached hydrogen (secondary N) is 2. The summed E-state index contributed by atoms with van der Waals surface area (Å²) in [5.74, 6) is 1.47. The molecule has 0 atom stereocenters. The van der Waals surface area contributed by atoms with Gasteiger partial charge in [0.2, 0.25) is 0 Å². The number of para-hydroxylation sites is 1. The lowest BCUT2D eigenvalue weighted by atomic mass is 10.3. The fourth-order valence-electron chi connectivity index (χ4n) is 1.84. The van der Waals surface area contributed by atoms with Crippen molar-refractivity contribution >= 4 is 41.5 Å². The molecule has 0 unspecified atom stereocenters. The molecule has 1 rings (SSSR count). The third kappa shape index (κ3) is 12.3. The van der Waals surface area contributed by atoms with Gasteiger partial charge in [-0.3, -0.25) is 4.99 Å². The van der Waals surface area contributed by atoms with E-state index in [1.54, 1.807) is 7.11 Å². The lowest BCUT2D eigenvalue weighted by Gasteiger charge is -2.12. The molecular weight excluding hydrogens is 457 g/mol. The van der Waals surface area contributed by atoms with Gasteiger partial charge in [-0.1, -0.05) is 23.7 Å². The van der Waals surface area contributed by atoms with E-state index in [9.17, 15) is 0 Å². The van der Waals surface area contributed by atoms with Crippen molar-refractivity contribution in [3.63, 3.8) is 0 Å². The van der Waals surface area contributed by atoms with E-state index >= 15 is 0 Å². The third-order valence-corrected chi connectivity index (χ3v) is 3.29. The molecule has 0 fully saturated rings. The van der Waals surface area contributed by atoms with E-state index in [0.717, 1.165) is 18.9 Å². The quantitative estimate of drug-likeness (QED) is 0.206. The topological polar surface area (TPSA) is 64.1 Å². The van der Waals surface area contributed by atoms with Crippen molar-refractivity contribution in [2.24, 2.45) is 4.99 Å². The van der Waals surface area contributed by atoms with Crippen LogP contribution in [0.3, 0.4) is 0 Å². The van der Waals surface area contributed by atoms with Crippen molar-refractivity contribution in [2.75, 3.05) is 53.2 Å². The highest BCUT2D eigenvalue weighted by Crippen LogP contribution is 2.22. The van der Waals surface area contributed by atoms with E-state index in [1.807, 2.05) is 31.2 Å². The number of ether oxygens (including phenoxy) is 3. The van der Waals surface area contributed by atoms with Crippen molar-refractivity contribution in [1.82, 2.24) is 10.6 Å². The van der Waals surface area contributed by atoms with Crippen LogP contribution < -0.4 is 15.4 Å². The number of halogens is 2. The maximum atomic E-state index is 6.04. The molecule has 1 aromatic carbocycles. The minimum atomic E-state index is 0. The van der Waals surface area contributed by atoms with E-state index in [-0.39, 0.29) is 24.0 Å². The van der Waals surface area contributed by atoms with Crippen LogP contribution in [0.2, 0.25) is 5.02 Å². The zero-order valence-electron chi connectivity index (χ0n) is 14.9. The largest absolute Gasteiger partial charge is 0.490 e. The number of hydrogen-bond donors (Lipinski definition) is 2. The molecule has 6 nitrogen and oxygen atoms in total. The van der Waals surface area contributed by atoms with Gasteiger partial charge in [-0.15, -0.1) is 24.0 Å². The van der Waals surface area contributed by atoms with Crippen molar-refractivity contribution in [3.8, 4) is 5.75 Å². The van der Waals surface area contributed by atoms with E-state index < -0.39 is 0 Å². The Morgan fingerprint density at radius 2 is 1.92 bits per heavy atom. The van der Waals surface area contributed by atoms with Crippen LogP contribution in [0.15, 0.2) is 29.3 Å². The molecule has 1 aromatic rings. The summed E-state index contributed by atoms with van der Waals surface area (Å²) in [5.41, 5.74) is 0. The normalized spacial score (nSPS) is 10.9. The van der Waals surface area contributed by atoms with Gasteiger partial charge in [0.25, 0.3) is 0 Å². The summed E-state index contributed by atoms with van der Waals surface area (Å²) < 4.78 is 16.0. The van der Waals surface area contributed by atoms with Crippen LogP contribution in [-0.2, 0) is 9.47 Å². The molecular formula is C17H29ClIN3O3. The smallest absolute Gasteiger partial charge is 0.191 e. The van der Waals surface area contributed by atoms with Gasteiger partial charge in [0.1, 0.15) is 12.4 Å². The fraction of sp³-hybridized carbons (Fsp3) is 0.588. The molecule has 0 amide bonds. The first-order chi connectivity index (χ1) is 11.8. The van der Waals surface area contributed by atoms with Gasteiger partial charge in [-0.2, -0.15) is 0 Å². The van der Waals surface area contributed by atoms with Gasteiger partial charge < -0.3 is 24.8 Å². The van der Waals surface area contributed by atoms with Crippen molar-refractivity contribution in [1.29, 1.82) is 0 Å². The second-order valence-corrected chi connectivity index (χ2v) is 5.33. The van der Waals surface area contributed by atoms with Crippen LogP contribution in [-0.4, -0.2) is 59.1 Å². The first kappa shape index (κ1) is 24.2. The van der Waals surface area contributed by atoms with Gasteiger partial charge in [0.05, 0.1) is 24.8 Å². The van der Waals surface area contributed by atoms with Crippen LogP contribution >= 0.6 is 35.6 Å². The number of methoxy groups -OCH3 is 1. The fourth-order valence-corrected chi connectivity index (χ4v) is 2.03. The summed E-state index contributed by atoms with van der Waals surface area (Å²) in [4.78, 5) is 4.49. The van der Waals surface area contributed by atoms with E-state index in [2.05, 4.69) is 15.6 Å². The molecule has 8 heteroatoms. The Labute approximate surface area is 172 Å². The summed E-state index contributed by atoms with van der Waals surface area (Å²) in [7, 11) is 1.66. The number of benzene rings is 1. The highest BCUT2D eigenvalue weighted by atomic mass is 127. The molecule has 0 saturated heterocycles. The predicted molar refractivity (Wildman–Crippen MR) is 114 cm³/mol. The summed E-state index contributed by atoms with van der Waals surface area (Å²) in [6, 6.07) is 7.44. The van der Waals surface area contributed by atoms with E-state index in [4.69, 9.17) is 25.8 Å². The van der Waals surface area contributed by atoms with Crippen molar-refractivity contribution in [3.05, 3.63) is 29.3 Å². The molecule has 0 spiro atoms. The summed E-state index contributed by atoms with van der Waals surface area (Å²) >= 11 is 6.04. The molecule has 0 heterocycles. The Morgan fingerprint density at radius 3 is 2.64 bits per heavy atom. The second kappa shape index (κ2) is 16.7. The Hall–Kier alpha value is -0.770. The van der Waals surface area contributed by atoms with E-state index in [1.165, 1.54) is 0 Å². The van der Waals surface area contributed by atoms with Gasteiger partial charge in [-0.25, -0.2) is 0 Å². The molecule has 0 aliphatic heterocycles. The van der Waals surface area contributed by atoms with Crippen LogP contribution in [0.5, 0.6) is 5.75 Å². The second-order valence-electron chi connectivity index (χ2n) is 4.93. The molecule has 144 valence electrons. The van der Waals surface area contributed by atoms with Crippen molar-refractivity contribution < 1.29 is 14.2 Å². The standard InChI is InChI=1S/C17H28ClN3O3.HI/c1-3-19-17(20-9-6-11-23-14-13-22-2)21-10-12-24-16-8-5-4-7-15(16)18;/h4-5,7-8H,3,6,9-14H2,1-2H3,(H2,19,20,21);1H. The molecule has 0 aromatic heterocycles. The van der Waals surface area contributed by atoms with Gasteiger partial charge in [-0.05, 0) is 25.5 Å². The summed E-state index contributed by atoms with van der Waals surface area (Å²) in [6.45, 7) is 6.62. The summed E-state index contributed by atoms with van der Waals surface area (Å²) in [6.07, 6.45) is 0.871. The number of aliphatic imine (C=N–C) groups is 1. The molecule has 0 aliphatic rings. The monoisotopic (exact) mass is 485 g/mol. The maximum absolute atomic E-state index is 6.04. The molecule has 25 heavy (non-hydrogen) atoms. The van der Waals surface area contributed by atoms with Crippen LogP contribution in [0.25, 0.3) is 0 Å². The third-order valence-electron chi connectivity index (χ3n) is 2.98. The number of nitrogens with zero attached hydrogens (tertiary/aromatic N) is 1. The Balaban J connectivity index is 0.00000576. The van der Waals surface area contributed by atoms with Gasteiger partial charge in [0.15, 0.2) is 5.96 Å². The van der Waals surface area contributed by atoms with Gasteiger partial charge in [0, 0.05) is 26.8 Å². The van der Waals surface area contributed by atoms with E-state index in [0.29, 0.717) is 50.3 Å². The lowest BCUT2D eigenvalue weighted by Crippen LogP contribution is -2.39. The maximum Gasteiger partial charge on any atom is 0.191 e. The average molecular weight is 486 g/mol. The molecule has 2 N–H and O–H groups in total. The Bertz CT molecular complexity index is 478. The lowest BCUT2D eigenvalue weighted by molar-refractivity contribution is 0.0702. The van der Waals surface area contributed by atoms with Crippen LogP contribution in [0.1, 0.15) is 13.3 Å². The van der Waals surface area contributed by atoms with Gasteiger partial charge >= 0.3 is 0 Å². The molecule has 0 aliphatic carbocycles. The Morgan fingerprint density at radius 1 is 1.12 bits per heavy atom. The number of guanidine groups is 1. The zero-order valence-corrected chi connectivity index (χ0v) is 18.0. The number of hydrogen-bond acceptors (Lipinski definition) is 4. The highest BCUT2D eigenvalue weighted by molar-refractivity contribution is 14.0. The SMILES string of the molecule is CCNC(=NCCCOCCOC)NCCOc1ccccc1Cl.I. The minimum Gasteiger partial charge on any atom is -0.490 e. The van der Waals surface area contributed by atoms with Crippen LogP contribution in [0, 0.1) is 0 Å². The Kier molecular flexibility index (Phi) is 16.2. The first-order valence-electron chi connectivity index (χ1n) is 8.24. The predicted octanol–water partition coefficient (Wildman–Crippen LogP) is 2.95. The van der Waals surface area contributed by atoms with Crippen molar-refractivity contribution in [2.45, 2.75) is 13.3 Å². The molecule has 0 radical (unpaired) electrons. The zero-order chi connectivity index (χ0) is 17.5. The first-order valence-corrected chi connectivity index (χ1v) is 8.62. The highest BCUT2D eigenvalue weighted by Gasteiger charge is 2.00. The minimum absolute atomic E-state index is 0. The molecule has 0 saturated carbocycles. The average Bonchev–Trinajstić information content (AvgIpc) is 2.59.